The first kappa shape index (κ1) is 12.0. The minimum Gasteiger partial charge on any atom is -0.396 e. The zero-order chi connectivity index (χ0) is 11.3. The molecule has 0 aliphatic heterocycles. The lowest BCUT2D eigenvalue weighted by Gasteiger charge is -2.29. The van der Waals surface area contributed by atoms with Gasteiger partial charge < -0.3 is 15.1 Å². The van der Waals surface area contributed by atoms with E-state index in [0.29, 0.717) is 6.42 Å². The molecule has 1 atom stereocenters. The summed E-state index contributed by atoms with van der Waals surface area (Å²) in [5, 5.41) is 18.1. The summed E-state index contributed by atoms with van der Waals surface area (Å²) in [4.78, 5) is 2.02. The molecule has 0 radical (unpaired) electrons. The number of rotatable bonds is 5. The van der Waals surface area contributed by atoms with Crippen molar-refractivity contribution in [1.29, 1.82) is 0 Å². The highest BCUT2D eigenvalue weighted by Crippen LogP contribution is 2.20. The van der Waals surface area contributed by atoms with Crippen molar-refractivity contribution in [3.05, 3.63) is 29.8 Å². The van der Waals surface area contributed by atoms with Crippen LogP contribution in [0.4, 0.5) is 5.69 Å². The van der Waals surface area contributed by atoms with Gasteiger partial charge >= 0.3 is 0 Å². The largest absolute Gasteiger partial charge is 0.396 e. The van der Waals surface area contributed by atoms with E-state index in [0.717, 1.165) is 5.69 Å². The van der Waals surface area contributed by atoms with Crippen LogP contribution in [0.5, 0.6) is 0 Å². The van der Waals surface area contributed by atoms with Crippen LogP contribution in [0.25, 0.3) is 0 Å². The number of benzene rings is 1. The fourth-order valence-electron chi connectivity index (χ4n) is 1.71. The Morgan fingerprint density at radius 1 is 1.27 bits per heavy atom. The maximum atomic E-state index is 9.23. The summed E-state index contributed by atoms with van der Waals surface area (Å²) in [5.74, 6) is 0. The average molecular weight is 209 g/mol. The molecule has 1 unspecified atom stereocenters. The quantitative estimate of drug-likeness (QED) is 0.765. The zero-order valence-corrected chi connectivity index (χ0v) is 9.35. The predicted molar refractivity (Wildman–Crippen MR) is 62.2 cm³/mol. The van der Waals surface area contributed by atoms with E-state index in [1.165, 1.54) is 5.56 Å². The van der Waals surface area contributed by atoms with Gasteiger partial charge in [-0.2, -0.15) is 0 Å². The van der Waals surface area contributed by atoms with Crippen LogP contribution in [-0.4, -0.2) is 36.5 Å². The third-order valence-corrected chi connectivity index (χ3v) is 2.72. The molecule has 0 bridgehead atoms. The summed E-state index contributed by atoms with van der Waals surface area (Å²) in [7, 11) is 1.94. The average Bonchev–Trinajstić information content (AvgIpc) is 2.25. The maximum absolute atomic E-state index is 9.23. The summed E-state index contributed by atoms with van der Waals surface area (Å²) in [6.45, 7) is 2.20. The maximum Gasteiger partial charge on any atom is 0.0635 e. The number of hydrogen-bond donors (Lipinski definition) is 2. The van der Waals surface area contributed by atoms with Gasteiger partial charge in [-0.3, -0.25) is 0 Å². The normalized spacial score (nSPS) is 12.5. The molecule has 3 nitrogen and oxygen atoms in total. The van der Waals surface area contributed by atoms with Crippen molar-refractivity contribution in [2.45, 2.75) is 19.4 Å². The van der Waals surface area contributed by atoms with E-state index < -0.39 is 0 Å². The Morgan fingerprint density at radius 3 is 2.47 bits per heavy atom. The van der Waals surface area contributed by atoms with Crippen molar-refractivity contribution in [1.82, 2.24) is 0 Å². The van der Waals surface area contributed by atoms with E-state index in [4.69, 9.17) is 5.11 Å². The molecule has 0 spiro atoms. The molecule has 1 aromatic rings. The summed E-state index contributed by atoms with van der Waals surface area (Å²) in [6.07, 6.45) is 0.585. The molecular formula is C12H19NO2. The molecule has 0 fully saturated rings. The van der Waals surface area contributed by atoms with Crippen molar-refractivity contribution in [3.8, 4) is 0 Å². The van der Waals surface area contributed by atoms with Crippen LogP contribution >= 0.6 is 0 Å². The van der Waals surface area contributed by atoms with Crippen LogP contribution in [0.1, 0.15) is 12.0 Å². The second-order valence-corrected chi connectivity index (χ2v) is 3.75. The molecular weight excluding hydrogens is 190 g/mol. The molecule has 3 heteroatoms. The number of aryl methyl sites for hydroxylation is 1. The van der Waals surface area contributed by atoms with Gasteiger partial charge in [-0.15, -0.1) is 0 Å². The Hall–Kier alpha value is -1.06. The Kier molecular flexibility index (Phi) is 4.59. The lowest BCUT2D eigenvalue weighted by atomic mass is 10.1. The Balaban J connectivity index is 2.82. The number of aliphatic hydroxyl groups is 2. The van der Waals surface area contributed by atoms with E-state index in [1.54, 1.807) is 0 Å². The first-order valence-electron chi connectivity index (χ1n) is 5.21. The highest BCUT2D eigenvalue weighted by molar-refractivity contribution is 5.53. The first-order chi connectivity index (χ1) is 7.20. The molecule has 0 heterocycles. The monoisotopic (exact) mass is 209 g/mol. The predicted octanol–water partition coefficient (Wildman–Crippen LogP) is 1.17. The van der Waals surface area contributed by atoms with Crippen LogP contribution < -0.4 is 4.90 Å². The van der Waals surface area contributed by atoms with Crippen LogP contribution in [-0.2, 0) is 0 Å². The van der Waals surface area contributed by atoms with Crippen LogP contribution in [0, 0.1) is 6.92 Å². The molecule has 1 aromatic carbocycles. The minimum absolute atomic E-state index is 0.0175. The molecule has 0 aliphatic carbocycles. The van der Waals surface area contributed by atoms with E-state index in [1.807, 2.05) is 43.1 Å². The highest BCUT2D eigenvalue weighted by atomic mass is 16.3. The summed E-state index contributed by atoms with van der Waals surface area (Å²) >= 11 is 0. The van der Waals surface area contributed by atoms with E-state index in [2.05, 4.69) is 0 Å². The van der Waals surface area contributed by atoms with E-state index in [-0.39, 0.29) is 19.3 Å². The number of hydrogen-bond acceptors (Lipinski definition) is 3. The first-order valence-corrected chi connectivity index (χ1v) is 5.21. The van der Waals surface area contributed by atoms with Crippen LogP contribution in [0.15, 0.2) is 24.3 Å². The smallest absolute Gasteiger partial charge is 0.0635 e. The third kappa shape index (κ3) is 2.94. The van der Waals surface area contributed by atoms with Crippen molar-refractivity contribution in [3.63, 3.8) is 0 Å². The van der Waals surface area contributed by atoms with Crippen molar-refractivity contribution >= 4 is 5.69 Å². The molecule has 0 saturated heterocycles. The molecule has 15 heavy (non-hydrogen) atoms. The highest BCUT2D eigenvalue weighted by Gasteiger charge is 2.14. The molecule has 0 saturated carbocycles. The summed E-state index contributed by atoms with van der Waals surface area (Å²) in [5.41, 5.74) is 2.28. The molecule has 84 valence electrons. The Labute approximate surface area is 91.0 Å². The third-order valence-electron chi connectivity index (χ3n) is 2.72. The summed E-state index contributed by atoms with van der Waals surface area (Å²) < 4.78 is 0. The van der Waals surface area contributed by atoms with Gasteiger partial charge in [0, 0.05) is 19.3 Å². The molecule has 0 aliphatic rings. The van der Waals surface area contributed by atoms with Gasteiger partial charge in [-0.1, -0.05) is 18.2 Å². The fourth-order valence-corrected chi connectivity index (χ4v) is 1.71. The van der Waals surface area contributed by atoms with Gasteiger partial charge in [0.2, 0.25) is 0 Å². The number of anilines is 1. The van der Waals surface area contributed by atoms with Crippen molar-refractivity contribution in [2.24, 2.45) is 0 Å². The van der Waals surface area contributed by atoms with E-state index in [9.17, 15) is 5.11 Å². The fraction of sp³-hybridized carbons (Fsp3) is 0.500. The van der Waals surface area contributed by atoms with Crippen molar-refractivity contribution in [2.75, 3.05) is 25.2 Å². The lowest BCUT2D eigenvalue weighted by Crippen LogP contribution is -2.35. The summed E-state index contributed by atoms with van der Waals surface area (Å²) in [6, 6.07) is 8.02. The van der Waals surface area contributed by atoms with Gasteiger partial charge in [-0.25, -0.2) is 0 Å². The second kappa shape index (κ2) is 5.73. The number of nitrogens with zero attached hydrogens (tertiary/aromatic N) is 1. The zero-order valence-electron chi connectivity index (χ0n) is 9.35. The van der Waals surface area contributed by atoms with Crippen LogP contribution in [0.2, 0.25) is 0 Å². The molecule has 1 rings (SSSR count). The number of likely N-dealkylation sites (N-methyl/N-ethyl adjacent to an activating group) is 1. The van der Waals surface area contributed by atoms with Gasteiger partial charge in [0.05, 0.1) is 12.6 Å². The topological polar surface area (TPSA) is 43.7 Å². The van der Waals surface area contributed by atoms with Gasteiger partial charge in [0.1, 0.15) is 0 Å². The van der Waals surface area contributed by atoms with E-state index >= 15 is 0 Å². The van der Waals surface area contributed by atoms with Gasteiger partial charge in [0.25, 0.3) is 0 Å². The Bertz CT molecular complexity index is 301. The standard InChI is InChI=1S/C12H19NO2/c1-10-5-3-4-6-12(10)13(2)11(9-15)7-8-14/h3-6,11,14-15H,7-9H2,1-2H3. The van der Waals surface area contributed by atoms with Crippen LogP contribution in [0.3, 0.4) is 0 Å². The SMILES string of the molecule is Cc1ccccc1N(C)C(CO)CCO. The van der Waals surface area contributed by atoms with Gasteiger partial charge in [0.15, 0.2) is 0 Å². The second-order valence-electron chi connectivity index (χ2n) is 3.75. The minimum atomic E-state index is -0.0175. The molecule has 0 aromatic heterocycles. The number of aliphatic hydroxyl groups excluding tert-OH is 2. The van der Waals surface area contributed by atoms with Crippen molar-refractivity contribution < 1.29 is 10.2 Å². The van der Waals surface area contributed by atoms with Gasteiger partial charge in [-0.05, 0) is 25.0 Å². The Morgan fingerprint density at radius 2 is 1.93 bits per heavy atom. The number of para-hydroxylation sites is 1. The lowest BCUT2D eigenvalue weighted by molar-refractivity contribution is 0.218. The molecule has 0 amide bonds. The molecule has 2 N–H and O–H groups in total.